The van der Waals surface area contributed by atoms with Crippen LogP contribution in [0.15, 0.2) is 29.7 Å². The van der Waals surface area contributed by atoms with E-state index < -0.39 is 0 Å². The van der Waals surface area contributed by atoms with Gasteiger partial charge in [-0.15, -0.1) is 0 Å². The lowest BCUT2D eigenvalue weighted by Gasteiger charge is -2.02. The van der Waals surface area contributed by atoms with E-state index in [2.05, 4.69) is 15.2 Å². The van der Waals surface area contributed by atoms with Crippen LogP contribution in [0.4, 0.5) is 0 Å². The molecule has 0 amide bonds. The monoisotopic (exact) mass is 251 g/mol. The first-order valence-electron chi connectivity index (χ1n) is 4.78. The number of hydrogen-bond donors (Lipinski definition) is 2. The fourth-order valence-corrected chi connectivity index (χ4v) is 1.45. The minimum Gasteiger partial charge on any atom is -0.409 e. The zero-order chi connectivity index (χ0) is 12.4. The SMILES string of the molecule is Cc1nn(-c2cc(C(N)=NO)ccn2)cc1Cl. The molecular weight excluding hydrogens is 242 g/mol. The molecule has 88 valence electrons. The van der Waals surface area contributed by atoms with Gasteiger partial charge in [0, 0.05) is 11.8 Å². The van der Waals surface area contributed by atoms with E-state index in [-0.39, 0.29) is 5.84 Å². The van der Waals surface area contributed by atoms with Crippen LogP contribution in [0, 0.1) is 6.92 Å². The molecule has 0 atom stereocenters. The molecule has 3 N–H and O–H groups in total. The van der Waals surface area contributed by atoms with Gasteiger partial charge in [0.15, 0.2) is 11.7 Å². The molecule has 0 aliphatic carbocycles. The molecule has 0 unspecified atom stereocenters. The van der Waals surface area contributed by atoms with Crippen LogP contribution in [0.3, 0.4) is 0 Å². The van der Waals surface area contributed by atoms with Crippen molar-refractivity contribution in [2.45, 2.75) is 6.92 Å². The maximum atomic E-state index is 8.60. The van der Waals surface area contributed by atoms with Gasteiger partial charge >= 0.3 is 0 Å². The fraction of sp³-hybridized carbons (Fsp3) is 0.100. The lowest BCUT2D eigenvalue weighted by atomic mass is 10.2. The van der Waals surface area contributed by atoms with E-state index in [1.54, 1.807) is 31.5 Å². The van der Waals surface area contributed by atoms with Gasteiger partial charge in [-0.2, -0.15) is 5.10 Å². The minimum atomic E-state index is 0.0172. The van der Waals surface area contributed by atoms with Gasteiger partial charge in [0.05, 0.1) is 16.9 Å². The molecule has 2 rings (SSSR count). The Kier molecular flexibility index (Phi) is 2.97. The van der Waals surface area contributed by atoms with Crippen LogP contribution >= 0.6 is 11.6 Å². The third-order valence-corrected chi connectivity index (χ3v) is 2.59. The summed E-state index contributed by atoms with van der Waals surface area (Å²) in [4.78, 5) is 4.13. The molecule has 0 aliphatic heterocycles. The van der Waals surface area contributed by atoms with Gasteiger partial charge in [0.2, 0.25) is 0 Å². The number of hydrogen-bond acceptors (Lipinski definition) is 4. The van der Waals surface area contributed by atoms with Crippen molar-refractivity contribution in [1.29, 1.82) is 0 Å². The summed E-state index contributed by atoms with van der Waals surface area (Å²) in [6, 6.07) is 3.29. The smallest absolute Gasteiger partial charge is 0.170 e. The standard InChI is InChI=1S/C10H10ClN5O/c1-6-8(11)5-16(14-6)9-4-7(2-3-13-9)10(12)15-17/h2-5,17H,1H3,(H2,12,15). The van der Waals surface area contributed by atoms with Crippen LogP contribution in [0.25, 0.3) is 5.82 Å². The number of halogens is 1. The predicted molar refractivity (Wildman–Crippen MR) is 63.6 cm³/mol. The van der Waals surface area contributed by atoms with Crippen molar-refractivity contribution in [3.8, 4) is 5.82 Å². The second kappa shape index (κ2) is 4.42. The van der Waals surface area contributed by atoms with Crippen molar-refractivity contribution in [1.82, 2.24) is 14.8 Å². The Balaban J connectivity index is 2.46. The summed E-state index contributed by atoms with van der Waals surface area (Å²) >= 11 is 5.91. The zero-order valence-electron chi connectivity index (χ0n) is 9.00. The average Bonchev–Trinajstić information content (AvgIpc) is 2.69. The number of pyridine rings is 1. The van der Waals surface area contributed by atoms with Gasteiger partial charge in [-0.1, -0.05) is 16.8 Å². The minimum absolute atomic E-state index is 0.0172. The highest BCUT2D eigenvalue weighted by Gasteiger charge is 2.07. The molecule has 0 aliphatic rings. The Morgan fingerprint density at radius 3 is 2.94 bits per heavy atom. The van der Waals surface area contributed by atoms with E-state index in [1.165, 1.54) is 4.68 Å². The fourth-order valence-electron chi connectivity index (χ4n) is 1.32. The quantitative estimate of drug-likeness (QED) is 0.365. The molecule has 0 spiro atoms. The average molecular weight is 252 g/mol. The molecule has 0 saturated heterocycles. The van der Waals surface area contributed by atoms with Crippen molar-refractivity contribution in [2.24, 2.45) is 10.9 Å². The maximum Gasteiger partial charge on any atom is 0.170 e. The third-order valence-electron chi connectivity index (χ3n) is 2.22. The normalized spacial score (nSPS) is 11.8. The van der Waals surface area contributed by atoms with Crippen LogP contribution in [0.5, 0.6) is 0 Å². The highest BCUT2D eigenvalue weighted by Crippen LogP contribution is 2.15. The molecule has 7 heteroatoms. The van der Waals surface area contributed by atoms with Gasteiger partial charge in [0.1, 0.15) is 0 Å². The second-order valence-electron chi connectivity index (χ2n) is 3.39. The topological polar surface area (TPSA) is 89.3 Å². The Hall–Kier alpha value is -2.08. The van der Waals surface area contributed by atoms with E-state index in [0.29, 0.717) is 22.1 Å². The van der Waals surface area contributed by atoms with E-state index in [9.17, 15) is 0 Å². The highest BCUT2D eigenvalue weighted by atomic mass is 35.5. The molecule has 0 saturated carbocycles. The highest BCUT2D eigenvalue weighted by molar-refractivity contribution is 6.31. The summed E-state index contributed by atoms with van der Waals surface area (Å²) in [5.41, 5.74) is 6.76. The van der Waals surface area contributed by atoms with Crippen LogP contribution in [-0.4, -0.2) is 25.8 Å². The number of nitrogens with zero attached hydrogens (tertiary/aromatic N) is 4. The van der Waals surface area contributed by atoms with Crippen molar-refractivity contribution in [2.75, 3.05) is 0 Å². The molecule has 0 fully saturated rings. The molecule has 0 aromatic carbocycles. The van der Waals surface area contributed by atoms with Crippen molar-refractivity contribution in [3.05, 3.63) is 40.8 Å². The van der Waals surface area contributed by atoms with Crippen LogP contribution in [0.2, 0.25) is 5.02 Å². The second-order valence-corrected chi connectivity index (χ2v) is 3.80. The van der Waals surface area contributed by atoms with E-state index in [4.69, 9.17) is 22.5 Å². The first-order chi connectivity index (χ1) is 8.11. The van der Waals surface area contributed by atoms with Crippen molar-refractivity contribution >= 4 is 17.4 Å². The summed E-state index contributed by atoms with van der Waals surface area (Å²) in [5, 5.41) is 16.3. The van der Waals surface area contributed by atoms with Crippen molar-refractivity contribution in [3.63, 3.8) is 0 Å². The summed E-state index contributed by atoms with van der Waals surface area (Å²) < 4.78 is 1.53. The van der Waals surface area contributed by atoms with Gasteiger partial charge in [-0.05, 0) is 19.1 Å². The van der Waals surface area contributed by atoms with Gasteiger partial charge in [-0.3, -0.25) is 0 Å². The Labute approximate surface area is 102 Å². The maximum absolute atomic E-state index is 8.60. The molecule has 0 radical (unpaired) electrons. The zero-order valence-corrected chi connectivity index (χ0v) is 9.76. The molecule has 2 aromatic rings. The lowest BCUT2D eigenvalue weighted by Crippen LogP contribution is -2.14. The Bertz CT molecular complexity index is 558. The Morgan fingerprint density at radius 1 is 1.59 bits per heavy atom. The van der Waals surface area contributed by atoms with E-state index in [1.807, 2.05) is 0 Å². The van der Waals surface area contributed by atoms with Crippen LogP contribution in [-0.2, 0) is 0 Å². The third kappa shape index (κ3) is 2.21. The molecule has 2 aromatic heterocycles. The van der Waals surface area contributed by atoms with Gasteiger partial charge in [0.25, 0.3) is 0 Å². The van der Waals surface area contributed by atoms with E-state index in [0.717, 1.165) is 0 Å². The van der Waals surface area contributed by atoms with Crippen molar-refractivity contribution < 1.29 is 5.21 Å². The number of amidine groups is 1. The molecule has 17 heavy (non-hydrogen) atoms. The van der Waals surface area contributed by atoms with Crippen LogP contribution in [0.1, 0.15) is 11.3 Å². The summed E-state index contributed by atoms with van der Waals surface area (Å²) in [5.74, 6) is 0.563. The number of rotatable bonds is 2. The van der Waals surface area contributed by atoms with Gasteiger partial charge in [-0.25, -0.2) is 9.67 Å². The first-order valence-corrected chi connectivity index (χ1v) is 5.15. The predicted octanol–water partition coefficient (Wildman–Crippen LogP) is 1.32. The Morgan fingerprint density at radius 2 is 2.35 bits per heavy atom. The molecule has 0 bridgehead atoms. The molecule has 6 nitrogen and oxygen atoms in total. The number of nitrogens with two attached hydrogens (primary N) is 1. The summed E-state index contributed by atoms with van der Waals surface area (Å²) in [6.07, 6.45) is 3.20. The number of aromatic nitrogens is 3. The van der Waals surface area contributed by atoms with E-state index >= 15 is 0 Å². The molecule has 2 heterocycles. The number of aryl methyl sites for hydroxylation is 1. The first kappa shape index (κ1) is 11.4. The largest absolute Gasteiger partial charge is 0.409 e. The molecular formula is C10H10ClN5O. The van der Waals surface area contributed by atoms with Gasteiger partial charge < -0.3 is 10.9 Å². The number of oxime groups is 1. The van der Waals surface area contributed by atoms with Crippen LogP contribution < -0.4 is 5.73 Å². The lowest BCUT2D eigenvalue weighted by molar-refractivity contribution is 0.318. The summed E-state index contributed by atoms with van der Waals surface area (Å²) in [6.45, 7) is 1.80. The summed E-state index contributed by atoms with van der Waals surface area (Å²) in [7, 11) is 0.